The minimum Gasteiger partial charge on any atom is -0.395 e. The van der Waals surface area contributed by atoms with Gasteiger partial charge in [-0.05, 0) is 6.92 Å². The summed E-state index contributed by atoms with van der Waals surface area (Å²) in [4.78, 5) is 0. The molecule has 0 rings (SSSR count). The van der Waals surface area contributed by atoms with Crippen molar-refractivity contribution in [1.29, 1.82) is 5.26 Å². The van der Waals surface area contributed by atoms with Gasteiger partial charge in [0, 0.05) is 13.1 Å². The average Bonchev–Trinajstić information content (AvgIpc) is 2.17. The molecule has 0 saturated heterocycles. The first-order valence-electron chi connectivity index (χ1n) is 4.35. The lowest BCUT2D eigenvalue weighted by molar-refractivity contribution is 0.239. The third-order valence-corrected chi connectivity index (χ3v) is 1.56. The molecule has 0 amide bonds. The van der Waals surface area contributed by atoms with Crippen molar-refractivity contribution in [1.82, 2.24) is 5.32 Å². The number of nitrogens with one attached hydrogen (secondary N) is 1. The second-order valence-corrected chi connectivity index (χ2v) is 3.54. The van der Waals surface area contributed by atoms with Crippen molar-refractivity contribution in [2.45, 2.75) is 13.0 Å². The van der Waals surface area contributed by atoms with Gasteiger partial charge in [-0.25, -0.2) is 4.18 Å². The lowest BCUT2D eigenvalue weighted by Crippen LogP contribution is -2.21. The van der Waals surface area contributed by atoms with E-state index in [9.17, 15) is 8.42 Å². The summed E-state index contributed by atoms with van der Waals surface area (Å²) in [5.74, 6) is 0. The average molecular weight is 256 g/mol. The molecule has 0 radical (unpaired) electrons. The zero-order valence-corrected chi connectivity index (χ0v) is 9.64. The van der Waals surface area contributed by atoms with E-state index in [0.29, 0.717) is 13.1 Å². The first kappa shape index (κ1) is 17.6. The molecule has 4 N–H and O–H groups in total. The number of nitrogens with zero attached hydrogens (tertiary/aromatic N) is 1. The second kappa shape index (κ2) is 10.7. The normalized spacial score (nSPS) is 12.2. The van der Waals surface area contributed by atoms with Crippen LogP contribution in [0.1, 0.15) is 6.92 Å². The Morgan fingerprint density at radius 3 is 2.00 bits per heavy atom. The molecule has 1 unspecified atom stereocenters. The molecular formula is C7H16N2O6S. The predicted molar refractivity (Wildman–Crippen MR) is 54.7 cm³/mol. The van der Waals surface area contributed by atoms with E-state index in [1.807, 2.05) is 0 Å². The number of aliphatic hydroxyl groups excluding tert-OH is 2. The highest BCUT2D eigenvalue weighted by molar-refractivity contribution is 7.80. The molecule has 0 aliphatic carbocycles. The highest BCUT2D eigenvalue weighted by Crippen LogP contribution is 1.92. The number of nitriles is 1. The van der Waals surface area contributed by atoms with Crippen molar-refractivity contribution in [2.75, 3.05) is 26.3 Å². The van der Waals surface area contributed by atoms with Crippen molar-refractivity contribution in [3.63, 3.8) is 0 Å². The number of rotatable bonds is 6. The van der Waals surface area contributed by atoms with Crippen LogP contribution in [-0.2, 0) is 14.6 Å². The third-order valence-electron chi connectivity index (χ3n) is 1.02. The fraction of sp³-hybridized carbons (Fsp3) is 0.857. The Bertz CT molecular complexity index is 282. The van der Waals surface area contributed by atoms with Gasteiger partial charge in [0.2, 0.25) is 0 Å². The minimum absolute atomic E-state index is 0.139. The SMILES string of the molecule is CC(C#N)OS(=O)(=O)O.OCCNCCO. The van der Waals surface area contributed by atoms with E-state index in [0.717, 1.165) is 0 Å². The van der Waals surface area contributed by atoms with Crippen molar-refractivity contribution < 1.29 is 27.4 Å². The summed E-state index contributed by atoms with van der Waals surface area (Å²) in [7, 11) is -4.46. The fourth-order valence-electron chi connectivity index (χ4n) is 0.487. The van der Waals surface area contributed by atoms with Crippen LogP contribution in [0.25, 0.3) is 0 Å². The van der Waals surface area contributed by atoms with Gasteiger partial charge in [-0.1, -0.05) is 0 Å². The molecule has 0 saturated carbocycles. The molecule has 0 fully saturated rings. The van der Waals surface area contributed by atoms with Crippen molar-refractivity contribution >= 4 is 10.4 Å². The largest absolute Gasteiger partial charge is 0.398 e. The van der Waals surface area contributed by atoms with E-state index in [-0.39, 0.29) is 13.2 Å². The zero-order chi connectivity index (χ0) is 13.0. The van der Waals surface area contributed by atoms with Crippen LogP contribution in [0.2, 0.25) is 0 Å². The predicted octanol–water partition coefficient (Wildman–Crippen LogP) is -1.72. The topological polar surface area (TPSA) is 140 Å². The Morgan fingerprint density at radius 2 is 1.81 bits per heavy atom. The molecule has 0 aliphatic heterocycles. The quantitative estimate of drug-likeness (QED) is 0.325. The van der Waals surface area contributed by atoms with E-state index in [1.54, 1.807) is 0 Å². The Balaban J connectivity index is 0. The van der Waals surface area contributed by atoms with Crippen LogP contribution in [-0.4, -0.2) is 55.6 Å². The molecule has 0 aliphatic rings. The maximum Gasteiger partial charge on any atom is 0.398 e. The van der Waals surface area contributed by atoms with Crippen molar-refractivity contribution in [3.05, 3.63) is 0 Å². The maximum atomic E-state index is 9.78. The summed E-state index contributed by atoms with van der Waals surface area (Å²) in [5.41, 5.74) is 0. The smallest absolute Gasteiger partial charge is 0.395 e. The van der Waals surface area contributed by atoms with Gasteiger partial charge in [-0.15, -0.1) is 0 Å². The molecule has 9 heteroatoms. The molecule has 1 atom stereocenters. The van der Waals surface area contributed by atoms with Crippen molar-refractivity contribution in [3.8, 4) is 6.07 Å². The molecular weight excluding hydrogens is 240 g/mol. The number of hydrogen-bond acceptors (Lipinski definition) is 7. The van der Waals surface area contributed by atoms with E-state index >= 15 is 0 Å². The van der Waals surface area contributed by atoms with E-state index in [1.165, 1.54) is 13.0 Å². The highest BCUT2D eigenvalue weighted by atomic mass is 32.3. The first-order valence-corrected chi connectivity index (χ1v) is 5.71. The van der Waals surface area contributed by atoms with Crippen LogP contribution in [0.15, 0.2) is 0 Å². The van der Waals surface area contributed by atoms with E-state index in [4.69, 9.17) is 20.0 Å². The molecule has 0 heterocycles. The van der Waals surface area contributed by atoms with Gasteiger partial charge in [0.05, 0.1) is 19.3 Å². The molecule has 0 bridgehead atoms. The summed E-state index contributed by atoms with van der Waals surface area (Å²) < 4.78 is 31.2. The van der Waals surface area contributed by atoms with Crippen LogP contribution in [0.5, 0.6) is 0 Å². The van der Waals surface area contributed by atoms with Crippen LogP contribution in [0, 0.1) is 11.3 Å². The van der Waals surface area contributed by atoms with Crippen LogP contribution in [0.4, 0.5) is 0 Å². The van der Waals surface area contributed by atoms with E-state index in [2.05, 4.69) is 9.50 Å². The van der Waals surface area contributed by atoms with Gasteiger partial charge in [0.15, 0.2) is 6.10 Å². The molecule has 96 valence electrons. The second-order valence-electron chi connectivity index (χ2n) is 2.49. The van der Waals surface area contributed by atoms with E-state index < -0.39 is 16.5 Å². The standard InChI is InChI=1S/C4H11NO2.C3H5NO4S/c6-3-1-5-2-4-7;1-3(2-4)8-9(5,6)7/h5-7H,1-4H2;3H,1H3,(H,5,6,7). The first-order chi connectivity index (χ1) is 7.37. The van der Waals surface area contributed by atoms with Crippen LogP contribution < -0.4 is 5.32 Å². The molecule has 0 aromatic carbocycles. The van der Waals surface area contributed by atoms with Crippen LogP contribution >= 0.6 is 0 Å². The number of hydrogen-bond donors (Lipinski definition) is 4. The fourth-order valence-corrected chi connectivity index (χ4v) is 0.895. The Labute approximate surface area is 94.4 Å². The molecule has 0 aromatic rings. The summed E-state index contributed by atoms with van der Waals surface area (Å²) in [6, 6.07) is 1.46. The molecule has 16 heavy (non-hydrogen) atoms. The van der Waals surface area contributed by atoms with Gasteiger partial charge in [0.1, 0.15) is 0 Å². The summed E-state index contributed by atoms with van der Waals surface area (Å²) >= 11 is 0. The Morgan fingerprint density at radius 1 is 1.38 bits per heavy atom. The summed E-state index contributed by atoms with van der Waals surface area (Å²) in [5, 5.41) is 27.0. The lowest BCUT2D eigenvalue weighted by atomic mass is 10.5. The van der Waals surface area contributed by atoms with Crippen molar-refractivity contribution in [2.24, 2.45) is 0 Å². The highest BCUT2D eigenvalue weighted by Gasteiger charge is 2.09. The number of aliphatic hydroxyl groups is 2. The molecule has 0 spiro atoms. The Kier molecular flexibility index (Phi) is 11.8. The minimum atomic E-state index is -4.46. The van der Waals surface area contributed by atoms with Crippen LogP contribution in [0.3, 0.4) is 0 Å². The third kappa shape index (κ3) is 18.9. The summed E-state index contributed by atoms with van der Waals surface area (Å²) in [6.45, 7) is 2.62. The van der Waals surface area contributed by atoms with Gasteiger partial charge in [-0.2, -0.15) is 13.7 Å². The maximum absolute atomic E-state index is 9.78. The van der Waals surface area contributed by atoms with Gasteiger partial charge in [0.25, 0.3) is 0 Å². The monoisotopic (exact) mass is 256 g/mol. The van der Waals surface area contributed by atoms with Gasteiger partial charge >= 0.3 is 10.4 Å². The Hall–Kier alpha value is -0.760. The molecule has 0 aromatic heterocycles. The lowest BCUT2D eigenvalue weighted by Gasteiger charge is -1.97. The zero-order valence-electron chi connectivity index (χ0n) is 8.83. The summed E-state index contributed by atoms with van der Waals surface area (Å²) in [6.07, 6.45) is -1.14. The molecule has 8 nitrogen and oxygen atoms in total. The van der Waals surface area contributed by atoms with Gasteiger partial charge in [-0.3, -0.25) is 4.55 Å². The van der Waals surface area contributed by atoms with Gasteiger partial charge < -0.3 is 15.5 Å².